The van der Waals surface area contributed by atoms with Gasteiger partial charge in [-0.1, -0.05) is 6.07 Å². The van der Waals surface area contributed by atoms with Gasteiger partial charge in [-0.05, 0) is 56.2 Å². The molecule has 1 amide bonds. The summed E-state index contributed by atoms with van der Waals surface area (Å²) in [7, 11) is -2.08. The molecule has 1 saturated carbocycles. The second kappa shape index (κ2) is 5.42. The van der Waals surface area contributed by atoms with E-state index in [0.717, 1.165) is 24.9 Å². The highest BCUT2D eigenvalue weighted by atomic mass is 32.2. The molecule has 1 fully saturated rings. The molecule has 1 aromatic rings. The lowest BCUT2D eigenvalue weighted by Gasteiger charge is -2.21. The molecule has 0 unspecified atom stereocenters. The van der Waals surface area contributed by atoms with Crippen LogP contribution in [0.4, 0.5) is 0 Å². The molecule has 0 spiro atoms. The molecular weight excluding hydrogens is 288 g/mol. The second-order valence-corrected chi connectivity index (χ2v) is 7.51. The first kappa shape index (κ1) is 16.0. The quantitative estimate of drug-likeness (QED) is 0.920. The Morgan fingerprint density at radius 3 is 2.33 bits per heavy atom. The molecule has 0 aliphatic heterocycles. The summed E-state index contributed by atoms with van der Waals surface area (Å²) in [6, 6.07) is 1.71. The molecule has 21 heavy (non-hydrogen) atoms. The molecule has 1 aliphatic carbocycles. The summed E-state index contributed by atoms with van der Waals surface area (Å²) in [6.07, 6.45) is 2.32. The van der Waals surface area contributed by atoms with Crippen LogP contribution in [0.25, 0.3) is 0 Å². The second-order valence-electron chi connectivity index (χ2n) is 6.01. The third-order valence-corrected chi connectivity index (χ3v) is 5.17. The van der Waals surface area contributed by atoms with E-state index in [1.165, 1.54) is 0 Å². The van der Waals surface area contributed by atoms with Crippen LogP contribution in [-0.2, 0) is 10.0 Å². The van der Waals surface area contributed by atoms with Crippen molar-refractivity contribution in [3.63, 3.8) is 0 Å². The van der Waals surface area contributed by atoms with E-state index in [1.54, 1.807) is 31.9 Å². The number of rotatable bonds is 4. The Morgan fingerprint density at radius 1 is 1.29 bits per heavy atom. The summed E-state index contributed by atoms with van der Waals surface area (Å²) in [5, 5.41) is 5.29. The van der Waals surface area contributed by atoms with E-state index in [1.807, 2.05) is 6.92 Å². The molecule has 2 rings (SSSR count). The Hall–Kier alpha value is -1.40. The van der Waals surface area contributed by atoms with Gasteiger partial charge in [0.15, 0.2) is 0 Å². The number of hydrogen-bond donors (Lipinski definition) is 1. The molecule has 2 N–H and O–H groups in total. The summed E-state index contributed by atoms with van der Waals surface area (Å²) in [5.41, 5.74) is 2.26. The van der Waals surface area contributed by atoms with Crippen LogP contribution in [0.5, 0.6) is 0 Å². The van der Waals surface area contributed by atoms with Crippen molar-refractivity contribution < 1.29 is 13.2 Å². The van der Waals surface area contributed by atoms with Gasteiger partial charge in [0.1, 0.15) is 0 Å². The third-order valence-electron chi connectivity index (χ3n) is 3.98. The van der Waals surface area contributed by atoms with Crippen molar-refractivity contribution >= 4 is 15.9 Å². The Morgan fingerprint density at radius 2 is 1.86 bits per heavy atom. The minimum absolute atomic E-state index is 0.0660. The number of benzene rings is 1. The summed E-state index contributed by atoms with van der Waals surface area (Å²) in [5.74, 6) is 0.449. The number of carbonyl (C=O) groups excluding carboxylic acids is 1. The lowest BCUT2D eigenvalue weighted by atomic mass is 9.98. The first-order valence-electron chi connectivity index (χ1n) is 7.02. The van der Waals surface area contributed by atoms with Gasteiger partial charge in [0.05, 0.1) is 4.90 Å². The molecule has 0 bridgehead atoms. The van der Waals surface area contributed by atoms with Crippen LogP contribution in [0, 0.1) is 26.7 Å². The number of carbonyl (C=O) groups is 1. The maximum atomic E-state index is 12.6. The average Bonchev–Trinajstić information content (AvgIpc) is 3.09. The molecular formula is C15H22N2O3S. The predicted octanol–water partition coefficient (Wildman–Crippen LogP) is 1.74. The molecule has 0 atom stereocenters. The normalized spacial score (nSPS) is 15.1. The van der Waals surface area contributed by atoms with Gasteiger partial charge in [0, 0.05) is 19.2 Å². The average molecular weight is 310 g/mol. The topological polar surface area (TPSA) is 80.5 Å². The maximum Gasteiger partial charge on any atom is 0.254 e. The van der Waals surface area contributed by atoms with E-state index in [-0.39, 0.29) is 10.8 Å². The van der Waals surface area contributed by atoms with Crippen molar-refractivity contribution in [2.45, 2.75) is 38.5 Å². The summed E-state index contributed by atoms with van der Waals surface area (Å²) < 4.78 is 23.5. The zero-order valence-corrected chi connectivity index (χ0v) is 13.8. The van der Waals surface area contributed by atoms with Crippen LogP contribution in [0.1, 0.15) is 39.9 Å². The Kier molecular flexibility index (Phi) is 4.13. The van der Waals surface area contributed by atoms with Crippen molar-refractivity contribution in [1.82, 2.24) is 4.90 Å². The first-order chi connectivity index (χ1) is 9.62. The third kappa shape index (κ3) is 3.27. The molecule has 5 nitrogen and oxygen atoms in total. The van der Waals surface area contributed by atoms with Crippen molar-refractivity contribution in [2.75, 3.05) is 13.6 Å². The molecule has 1 aliphatic rings. The van der Waals surface area contributed by atoms with Crippen LogP contribution in [0.3, 0.4) is 0 Å². The van der Waals surface area contributed by atoms with Gasteiger partial charge in [-0.3, -0.25) is 4.79 Å². The predicted molar refractivity (Wildman–Crippen MR) is 81.7 cm³/mol. The van der Waals surface area contributed by atoms with Crippen LogP contribution in [0.2, 0.25) is 0 Å². The Bertz CT molecular complexity index is 691. The van der Waals surface area contributed by atoms with E-state index in [4.69, 9.17) is 5.14 Å². The van der Waals surface area contributed by atoms with Gasteiger partial charge in [0.25, 0.3) is 5.91 Å². The van der Waals surface area contributed by atoms with E-state index < -0.39 is 10.0 Å². The van der Waals surface area contributed by atoms with Crippen LogP contribution < -0.4 is 5.14 Å². The minimum Gasteiger partial charge on any atom is -0.341 e. The number of hydrogen-bond acceptors (Lipinski definition) is 3. The van der Waals surface area contributed by atoms with Gasteiger partial charge < -0.3 is 4.90 Å². The summed E-state index contributed by atoms with van der Waals surface area (Å²) in [4.78, 5) is 14.4. The van der Waals surface area contributed by atoms with Crippen LogP contribution >= 0.6 is 0 Å². The number of nitrogens with two attached hydrogens (primary N) is 1. The highest BCUT2D eigenvalue weighted by Gasteiger charge is 2.28. The standard InChI is InChI=1S/C15H22N2O3S/c1-9-7-10(2)14(21(16,19)20)11(3)13(9)15(18)17(4)8-12-5-6-12/h7,12H,5-6,8H2,1-4H3,(H2,16,19,20). The Balaban J connectivity index is 2.50. The van der Waals surface area contributed by atoms with Gasteiger partial charge in [-0.25, -0.2) is 13.6 Å². The minimum atomic E-state index is -3.84. The number of nitrogens with zero attached hydrogens (tertiary/aromatic N) is 1. The molecule has 0 aromatic heterocycles. The SMILES string of the molecule is Cc1cc(C)c(S(N)(=O)=O)c(C)c1C(=O)N(C)CC1CC1. The summed E-state index contributed by atoms with van der Waals surface area (Å²) in [6.45, 7) is 5.89. The monoisotopic (exact) mass is 310 g/mol. The van der Waals surface area contributed by atoms with Crippen LogP contribution in [0.15, 0.2) is 11.0 Å². The van der Waals surface area contributed by atoms with Gasteiger partial charge in [-0.2, -0.15) is 0 Å². The van der Waals surface area contributed by atoms with E-state index in [9.17, 15) is 13.2 Å². The molecule has 1 aromatic carbocycles. The Labute approximate surface area is 126 Å². The molecule has 0 heterocycles. The summed E-state index contributed by atoms with van der Waals surface area (Å²) >= 11 is 0. The maximum absolute atomic E-state index is 12.6. The fourth-order valence-corrected chi connectivity index (χ4v) is 3.93. The molecule has 6 heteroatoms. The smallest absolute Gasteiger partial charge is 0.254 e. The van der Waals surface area contributed by atoms with Crippen molar-refractivity contribution in [3.05, 3.63) is 28.3 Å². The largest absolute Gasteiger partial charge is 0.341 e. The zero-order chi connectivity index (χ0) is 15.9. The van der Waals surface area contributed by atoms with Gasteiger partial charge >= 0.3 is 0 Å². The highest BCUT2D eigenvalue weighted by molar-refractivity contribution is 7.89. The van der Waals surface area contributed by atoms with Gasteiger partial charge in [0.2, 0.25) is 10.0 Å². The number of sulfonamides is 1. The van der Waals surface area contributed by atoms with E-state index in [2.05, 4.69) is 0 Å². The number of aryl methyl sites for hydroxylation is 2. The molecule has 0 saturated heterocycles. The lowest BCUT2D eigenvalue weighted by Crippen LogP contribution is -2.30. The number of primary sulfonamides is 1. The zero-order valence-electron chi connectivity index (χ0n) is 12.9. The highest BCUT2D eigenvalue weighted by Crippen LogP contribution is 2.31. The number of amides is 1. The lowest BCUT2D eigenvalue weighted by molar-refractivity contribution is 0.0787. The fourth-order valence-electron chi connectivity index (χ4n) is 2.90. The molecule has 116 valence electrons. The van der Waals surface area contributed by atoms with Crippen molar-refractivity contribution in [3.8, 4) is 0 Å². The van der Waals surface area contributed by atoms with E-state index in [0.29, 0.717) is 22.6 Å². The van der Waals surface area contributed by atoms with Crippen LogP contribution in [-0.4, -0.2) is 32.8 Å². The van der Waals surface area contributed by atoms with Gasteiger partial charge in [-0.15, -0.1) is 0 Å². The molecule has 0 radical (unpaired) electrons. The van der Waals surface area contributed by atoms with Crippen molar-refractivity contribution in [1.29, 1.82) is 0 Å². The van der Waals surface area contributed by atoms with Crippen molar-refractivity contribution in [2.24, 2.45) is 11.1 Å². The van der Waals surface area contributed by atoms with E-state index >= 15 is 0 Å². The fraction of sp³-hybridized carbons (Fsp3) is 0.533. The first-order valence-corrected chi connectivity index (χ1v) is 8.56.